The fourth-order valence-corrected chi connectivity index (χ4v) is 1.29. The Hall–Kier alpha value is -1.41. The summed E-state index contributed by atoms with van der Waals surface area (Å²) in [5, 5.41) is 9.72. The molecular weight excluding hydrogens is 188 g/mol. The van der Waals surface area contributed by atoms with E-state index in [4.69, 9.17) is 0 Å². The van der Waals surface area contributed by atoms with Gasteiger partial charge in [-0.3, -0.25) is 4.79 Å². The lowest BCUT2D eigenvalue weighted by atomic mass is 10.0. The Balaban J connectivity index is 2.57. The Morgan fingerprint density at radius 2 is 1.93 bits per heavy atom. The summed E-state index contributed by atoms with van der Waals surface area (Å²) < 4.78 is 0. The van der Waals surface area contributed by atoms with Crippen molar-refractivity contribution in [2.45, 2.75) is 25.9 Å². The predicted octanol–water partition coefficient (Wildman–Crippen LogP) is 2.65. The van der Waals surface area contributed by atoms with Gasteiger partial charge in [-0.2, -0.15) is 0 Å². The molecule has 1 aromatic rings. The van der Waals surface area contributed by atoms with Crippen molar-refractivity contribution in [2.24, 2.45) is 0 Å². The summed E-state index contributed by atoms with van der Waals surface area (Å²) in [4.78, 5) is 11.6. The van der Waals surface area contributed by atoms with Crippen LogP contribution in [0.1, 0.15) is 31.4 Å². The normalized spacial score (nSPS) is 12.1. The molecule has 1 atom stereocenters. The third-order valence-electron chi connectivity index (χ3n) is 2.22. The van der Waals surface area contributed by atoms with Gasteiger partial charge >= 0.3 is 0 Å². The predicted molar refractivity (Wildman–Crippen MR) is 60.5 cm³/mol. The zero-order valence-corrected chi connectivity index (χ0v) is 8.94. The van der Waals surface area contributed by atoms with Crippen LogP contribution in [0.4, 0.5) is 0 Å². The minimum atomic E-state index is -0.995. The molecule has 0 aromatic heterocycles. The number of allylic oxidation sites excluding steroid dienone is 1. The molecule has 0 aliphatic rings. The number of rotatable bonds is 5. The molecule has 0 bridgehead atoms. The second-order valence-electron chi connectivity index (χ2n) is 3.74. The van der Waals surface area contributed by atoms with Gasteiger partial charge in [0.05, 0.1) is 0 Å². The fraction of sp³-hybridized carbons (Fsp3) is 0.308. The van der Waals surface area contributed by atoms with Gasteiger partial charge in [0.1, 0.15) is 6.10 Å². The molecule has 0 fully saturated rings. The first kappa shape index (κ1) is 11.7. The van der Waals surface area contributed by atoms with E-state index in [0.717, 1.165) is 5.57 Å². The highest BCUT2D eigenvalue weighted by Gasteiger charge is 2.15. The van der Waals surface area contributed by atoms with Crippen molar-refractivity contribution in [2.75, 3.05) is 0 Å². The Morgan fingerprint density at radius 1 is 1.33 bits per heavy atom. The van der Waals surface area contributed by atoms with Gasteiger partial charge in [0.2, 0.25) is 0 Å². The SMILES string of the molecule is C=C(C)CCC(=O)C(O)c1ccccc1. The largest absolute Gasteiger partial charge is 0.381 e. The number of ketones is 1. The third kappa shape index (κ3) is 3.68. The molecule has 0 aliphatic carbocycles. The van der Waals surface area contributed by atoms with Crippen molar-refractivity contribution in [1.82, 2.24) is 0 Å². The average Bonchev–Trinajstić information content (AvgIpc) is 2.26. The Bertz CT molecular complexity index is 341. The van der Waals surface area contributed by atoms with Crippen molar-refractivity contribution < 1.29 is 9.90 Å². The number of Topliss-reactive ketones (excluding diaryl/α,β-unsaturated/α-hetero) is 1. The van der Waals surface area contributed by atoms with Gasteiger partial charge in [-0.05, 0) is 18.9 Å². The number of carbonyl (C=O) groups is 1. The van der Waals surface area contributed by atoms with Gasteiger partial charge in [-0.15, -0.1) is 6.58 Å². The Kier molecular flexibility index (Phi) is 4.25. The number of aliphatic hydroxyl groups excluding tert-OH is 1. The molecule has 1 N–H and O–H groups in total. The van der Waals surface area contributed by atoms with Crippen LogP contribution in [0, 0.1) is 0 Å². The topological polar surface area (TPSA) is 37.3 Å². The van der Waals surface area contributed by atoms with E-state index < -0.39 is 6.10 Å². The lowest BCUT2D eigenvalue weighted by Gasteiger charge is -2.09. The number of benzene rings is 1. The van der Waals surface area contributed by atoms with Crippen molar-refractivity contribution in [3.8, 4) is 0 Å². The molecule has 0 spiro atoms. The van der Waals surface area contributed by atoms with E-state index in [1.54, 1.807) is 12.1 Å². The van der Waals surface area contributed by atoms with E-state index in [0.29, 0.717) is 18.4 Å². The molecule has 15 heavy (non-hydrogen) atoms. The standard InChI is InChI=1S/C13H16O2/c1-10(2)8-9-12(14)13(15)11-6-4-3-5-7-11/h3-7,13,15H,1,8-9H2,2H3. The van der Waals surface area contributed by atoms with E-state index >= 15 is 0 Å². The lowest BCUT2D eigenvalue weighted by Crippen LogP contribution is -2.11. The van der Waals surface area contributed by atoms with Crippen LogP contribution in [0.2, 0.25) is 0 Å². The summed E-state index contributed by atoms with van der Waals surface area (Å²) in [6.07, 6.45) is -0.000693. The average molecular weight is 204 g/mol. The summed E-state index contributed by atoms with van der Waals surface area (Å²) in [6, 6.07) is 8.98. The molecule has 2 nitrogen and oxygen atoms in total. The maximum absolute atomic E-state index is 11.6. The molecule has 80 valence electrons. The molecule has 0 heterocycles. The third-order valence-corrected chi connectivity index (χ3v) is 2.22. The van der Waals surface area contributed by atoms with Gasteiger partial charge in [-0.25, -0.2) is 0 Å². The molecule has 0 saturated carbocycles. The highest BCUT2D eigenvalue weighted by molar-refractivity contribution is 5.84. The van der Waals surface area contributed by atoms with E-state index in [-0.39, 0.29) is 5.78 Å². The highest BCUT2D eigenvalue weighted by atomic mass is 16.3. The zero-order chi connectivity index (χ0) is 11.3. The van der Waals surface area contributed by atoms with Gasteiger partial charge in [0, 0.05) is 6.42 Å². The van der Waals surface area contributed by atoms with Crippen LogP contribution in [0.25, 0.3) is 0 Å². The smallest absolute Gasteiger partial charge is 0.166 e. The van der Waals surface area contributed by atoms with E-state index in [1.165, 1.54) is 0 Å². The number of aliphatic hydroxyl groups is 1. The van der Waals surface area contributed by atoms with Crippen LogP contribution < -0.4 is 0 Å². The van der Waals surface area contributed by atoms with E-state index in [2.05, 4.69) is 6.58 Å². The summed E-state index contributed by atoms with van der Waals surface area (Å²) in [6.45, 7) is 5.60. The van der Waals surface area contributed by atoms with Crippen LogP contribution >= 0.6 is 0 Å². The molecule has 1 aromatic carbocycles. The van der Waals surface area contributed by atoms with Crippen molar-refractivity contribution in [1.29, 1.82) is 0 Å². The minimum absolute atomic E-state index is 0.149. The first-order chi connectivity index (χ1) is 7.11. The quantitative estimate of drug-likeness (QED) is 0.749. The zero-order valence-electron chi connectivity index (χ0n) is 8.94. The van der Waals surface area contributed by atoms with Gasteiger partial charge in [0.15, 0.2) is 5.78 Å². The summed E-state index contributed by atoms with van der Waals surface area (Å²) >= 11 is 0. The van der Waals surface area contributed by atoms with Crippen LogP contribution in [0.5, 0.6) is 0 Å². The molecule has 1 rings (SSSR count). The van der Waals surface area contributed by atoms with Gasteiger partial charge < -0.3 is 5.11 Å². The maximum Gasteiger partial charge on any atom is 0.166 e. The molecule has 0 aliphatic heterocycles. The highest BCUT2D eigenvalue weighted by Crippen LogP contribution is 2.16. The van der Waals surface area contributed by atoms with E-state index in [1.807, 2.05) is 25.1 Å². The van der Waals surface area contributed by atoms with Gasteiger partial charge in [0.25, 0.3) is 0 Å². The first-order valence-corrected chi connectivity index (χ1v) is 5.01. The van der Waals surface area contributed by atoms with Crippen LogP contribution in [0.3, 0.4) is 0 Å². The molecule has 0 saturated heterocycles. The molecule has 1 unspecified atom stereocenters. The summed E-state index contributed by atoms with van der Waals surface area (Å²) in [7, 11) is 0. The van der Waals surface area contributed by atoms with Crippen LogP contribution in [0.15, 0.2) is 42.5 Å². The van der Waals surface area contributed by atoms with Crippen molar-refractivity contribution in [3.63, 3.8) is 0 Å². The second kappa shape index (κ2) is 5.47. The fourth-order valence-electron chi connectivity index (χ4n) is 1.29. The second-order valence-corrected chi connectivity index (χ2v) is 3.74. The number of carbonyl (C=O) groups excluding carboxylic acids is 1. The number of hydrogen-bond donors (Lipinski definition) is 1. The number of hydrogen-bond acceptors (Lipinski definition) is 2. The Labute approximate surface area is 90.3 Å². The van der Waals surface area contributed by atoms with Gasteiger partial charge in [-0.1, -0.05) is 35.9 Å². The van der Waals surface area contributed by atoms with Crippen molar-refractivity contribution in [3.05, 3.63) is 48.0 Å². The molecular formula is C13H16O2. The van der Waals surface area contributed by atoms with Crippen LogP contribution in [-0.2, 0) is 4.79 Å². The molecule has 2 heteroatoms. The maximum atomic E-state index is 11.6. The minimum Gasteiger partial charge on any atom is -0.381 e. The monoisotopic (exact) mass is 204 g/mol. The van der Waals surface area contributed by atoms with Crippen molar-refractivity contribution >= 4 is 5.78 Å². The molecule has 0 radical (unpaired) electrons. The first-order valence-electron chi connectivity index (χ1n) is 5.01. The lowest BCUT2D eigenvalue weighted by molar-refractivity contribution is -0.127. The summed E-state index contributed by atoms with van der Waals surface area (Å²) in [5.74, 6) is -0.149. The summed E-state index contributed by atoms with van der Waals surface area (Å²) in [5.41, 5.74) is 1.62. The Morgan fingerprint density at radius 3 is 2.47 bits per heavy atom. The van der Waals surface area contributed by atoms with Crippen LogP contribution in [-0.4, -0.2) is 10.9 Å². The van der Waals surface area contributed by atoms with E-state index in [9.17, 15) is 9.90 Å². The molecule has 0 amide bonds.